The van der Waals surface area contributed by atoms with Gasteiger partial charge in [-0.25, -0.2) is 14.4 Å². The third kappa shape index (κ3) is 3.64. The Balaban J connectivity index is 1.97. The Hall–Kier alpha value is -2.21. The number of anilines is 1. The first-order valence-electron chi connectivity index (χ1n) is 8.26. The number of aliphatic hydroxyl groups excluding tert-OH is 1. The van der Waals surface area contributed by atoms with Crippen LogP contribution in [0.2, 0.25) is 0 Å². The highest BCUT2D eigenvalue weighted by Crippen LogP contribution is 2.32. The highest BCUT2D eigenvalue weighted by molar-refractivity contribution is 5.66. The molecule has 6 heteroatoms. The minimum absolute atomic E-state index is 0.0778. The van der Waals surface area contributed by atoms with E-state index in [9.17, 15) is 9.50 Å². The quantitative estimate of drug-likeness (QED) is 0.933. The van der Waals surface area contributed by atoms with Crippen LogP contribution < -0.4 is 9.64 Å². The van der Waals surface area contributed by atoms with Gasteiger partial charge >= 0.3 is 0 Å². The molecule has 0 aliphatic carbocycles. The van der Waals surface area contributed by atoms with Crippen molar-refractivity contribution < 1.29 is 14.2 Å². The summed E-state index contributed by atoms with van der Waals surface area (Å²) in [6.07, 6.45) is 2.89. The molecule has 3 rings (SSSR count). The van der Waals surface area contributed by atoms with Crippen molar-refractivity contribution in [2.75, 3.05) is 18.0 Å². The molecule has 1 aliphatic rings. The topological polar surface area (TPSA) is 58.5 Å². The van der Waals surface area contributed by atoms with Gasteiger partial charge in [0.15, 0.2) is 5.82 Å². The van der Waals surface area contributed by atoms with E-state index in [1.807, 2.05) is 18.7 Å². The van der Waals surface area contributed by atoms with Crippen LogP contribution in [0, 0.1) is 5.82 Å². The van der Waals surface area contributed by atoms with Gasteiger partial charge in [-0.2, -0.15) is 0 Å². The molecule has 1 aromatic carbocycles. The lowest BCUT2D eigenvalue weighted by Gasteiger charge is -2.31. The Labute approximate surface area is 141 Å². The van der Waals surface area contributed by atoms with Crippen molar-refractivity contribution in [3.63, 3.8) is 0 Å². The third-order valence-corrected chi connectivity index (χ3v) is 3.92. The third-order valence-electron chi connectivity index (χ3n) is 3.92. The van der Waals surface area contributed by atoms with E-state index in [2.05, 4.69) is 9.97 Å². The molecular weight excluding hydrogens is 309 g/mol. The normalized spacial score (nSPS) is 18.0. The zero-order chi connectivity index (χ0) is 17.1. The molecule has 24 heavy (non-hydrogen) atoms. The fraction of sp³-hybridized carbons (Fsp3) is 0.444. The van der Waals surface area contributed by atoms with E-state index in [0.29, 0.717) is 23.9 Å². The Morgan fingerprint density at radius 2 is 2.17 bits per heavy atom. The van der Waals surface area contributed by atoms with E-state index in [1.165, 1.54) is 6.07 Å². The summed E-state index contributed by atoms with van der Waals surface area (Å²) in [5, 5.41) is 9.85. The average Bonchev–Trinajstić information content (AvgIpc) is 2.54. The molecule has 5 nitrogen and oxygen atoms in total. The van der Waals surface area contributed by atoms with Gasteiger partial charge in [-0.05, 0) is 44.9 Å². The lowest BCUT2D eigenvalue weighted by Crippen LogP contribution is -2.38. The summed E-state index contributed by atoms with van der Waals surface area (Å²) in [5.74, 6) is 1.00. The number of β-amino-alcohol motifs (C(OH)–C–C–N with tert-alkyl or cyclic N) is 1. The summed E-state index contributed by atoms with van der Waals surface area (Å²) in [5.41, 5.74) is 0.269. The summed E-state index contributed by atoms with van der Waals surface area (Å²) in [6.45, 7) is 5.13. The molecule has 0 unspecified atom stereocenters. The van der Waals surface area contributed by atoms with Crippen molar-refractivity contribution in [1.29, 1.82) is 0 Å². The van der Waals surface area contributed by atoms with Crippen LogP contribution in [0.4, 0.5) is 10.2 Å². The minimum atomic E-state index is -0.413. The number of aliphatic hydroxyl groups is 1. The molecule has 1 aromatic heterocycles. The smallest absolute Gasteiger partial charge is 0.168 e. The fourth-order valence-electron chi connectivity index (χ4n) is 2.88. The van der Waals surface area contributed by atoms with Crippen LogP contribution in [0.3, 0.4) is 0 Å². The van der Waals surface area contributed by atoms with Crippen molar-refractivity contribution in [2.24, 2.45) is 0 Å². The molecule has 0 saturated carbocycles. The molecule has 128 valence electrons. The highest BCUT2D eigenvalue weighted by atomic mass is 19.1. The lowest BCUT2D eigenvalue weighted by molar-refractivity contribution is 0.154. The zero-order valence-electron chi connectivity index (χ0n) is 13.9. The molecule has 2 heterocycles. The molecule has 0 radical (unpaired) electrons. The SMILES string of the molecule is CC(C)Oc1cccc(F)c1-c1nccc(N2CCC[C@H](O)C2)n1. The highest BCUT2D eigenvalue weighted by Gasteiger charge is 2.21. The summed E-state index contributed by atoms with van der Waals surface area (Å²) in [7, 11) is 0. The summed E-state index contributed by atoms with van der Waals surface area (Å²) in [4.78, 5) is 10.7. The second-order valence-electron chi connectivity index (χ2n) is 6.26. The maximum Gasteiger partial charge on any atom is 0.168 e. The van der Waals surface area contributed by atoms with E-state index in [0.717, 1.165) is 19.4 Å². The van der Waals surface area contributed by atoms with Crippen LogP contribution in [0.1, 0.15) is 26.7 Å². The van der Waals surface area contributed by atoms with Crippen LogP contribution in [0.25, 0.3) is 11.4 Å². The maximum absolute atomic E-state index is 14.4. The second-order valence-corrected chi connectivity index (χ2v) is 6.26. The van der Waals surface area contributed by atoms with Gasteiger partial charge in [0.1, 0.15) is 17.4 Å². The molecule has 2 aromatic rings. The predicted octanol–water partition coefficient (Wildman–Crippen LogP) is 3.03. The number of hydrogen-bond acceptors (Lipinski definition) is 5. The summed E-state index contributed by atoms with van der Waals surface area (Å²) >= 11 is 0. The Kier molecular flexibility index (Phi) is 4.94. The zero-order valence-corrected chi connectivity index (χ0v) is 13.9. The number of halogens is 1. The molecule has 1 saturated heterocycles. The molecule has 0 bridgehead atoms. The van der Waals surface area contributed by atoms with Gasteiger partial charge in [-0.3, -0.25) is 0 Å². The maximum atomic E-state index is 14.4. The largest absolute Gasteiger partial charge is 0.490 e. The lowest BCUT2D eigenvalue weighted by atomic mass is 10.1. The first kappa shape index (κ1) is 16.6. The van der Waals surface area contributed by atoms with Crippen LogP contribution in [-0.2, 0) is 0 Å². The average molecular weight is 331 g/mol. The molecule has 1 N–H and O–H groups in total. The van der Waals surface area contributed by atoms with Crippen molar-refractivity contribution in [2.45, 2.75) is 38.9 Å². The number of ether oxygens (including phenoxy) is 1. The number of nitrogens with zero attached hydrogens (tertiary/aromatic N) is 3. The van der Waals surface area contributed by atoms with Crippen molar-refractivity contribution >= 4 is 5.82 Å². The van der Waals surface area contributed by atoms with Crippen LogP contribution >= 0.6 is 0 Å². The summed E-state index contributed by atoms with van der Waals surface area (Å²) < 4.78 is 20.1. The van der Waals surface area contributed by atoms with E-state index < -0.39 is 5.82 Å². The molecule has 0 amide bonds. The van der Waals surface area contributed by atoms with E-state index in [-0.39, 0.29) is 17.8 Å². The first-order chi connectivity index (χ1) is 11.5. The first-order valence-corrected chi connectivity index (χ1v) is 8.26. The van der Waals surface area contributed by atoms with Gasteiger partial charge in [0.05, 0.1) is 17.8 Å². The number of benzene rings is 1. The molecule has 1 aliphatic heterocycles. The molecule has 1 fully saturated rings. The minimum Gasteiger partial charge on any atom is -0.490 e. The van der Waals surface area contributed by atoms with E-state index in [4.69, 9.17) is 4.74 Å². The van der Waals surface area contributed by atoms with Crippen LogP contribution in [-0.4, -0.2) is 40.4 Å². The van der Waals surface area contributed by atoms with Gasteiger partial charge < -0.3 is 14.7 Å². The van der Waals surface area contributed by atoms with Gasteiger partial charge in [-0.1, -0.05) is 6.07 Å². The second kappa shape index (κ2) is 7.13. The van der Waals surface area contributed by atoms with Gasteiger partial charge in [0.25, 0.3) is 0 Å². The number of aromatic nitrogens is 2. The van der Waals surface area contributed by atoms with Crippen LogP contribution in [0.15, 0.2) is 30.5 Å². The van der Waals surface area contributed by atoms with Crippen molar-refractivity contribution in [3.05, 3.63) is 36.3 Å². The Morgan fingerprint density at radius 1 is 1.33 bits per heavy atom. The van der Waals surface area contributed by atoms with E-state index in [1.54, 1.807) is 24.4 Å². The monoisotopic (exact) mass is 331 g/mol. The van der Waals surface area contributed by atoms with Crippen molar-refractivity contribution in [1.82, 2.24) is 9.97 Å². The number of rotatable bonds is 4. The Morgan fingerprint density at radius 3 is 2.92 bits per heavy atom. The molecular formula is C18H22FN3O2. The van der Waals surface area contributed by atoms with Gasteiger partial charge in [0, 0.05) is 19.3 Å². The fourth-order valence-corrected chi connectivity index (χ4v) is 2.88. The number of piperidine rings is 1. The molecule has 1 atom stereocenters. The van der Waals surface area contributed by atoms with Gasteiger partial charge in [0.2, 0.25) is 0 Å². The number of hydrogen-bond donors (Lipinski definition) is 1. The molecule has 0 spiro atoms. The standard InChI is InChI=1S/C18H22FN3O2/c1-12(2)24-15-7-3-6-14(19)17(15)18-20-9-8-16(21-18)22-10-4-5-13(23)11-22/h3,6-9,12-13,23H,4-5,10-11H2,1-2H3/t13-/m0/s1. The van der Waals surface area contributed by atoms with E-state index >= 15 is 0 Å². The predicted molar refractivity (Wildman–Crippen MR) is 90.6 cm³/mol. The van der Waals surface area contributed by atoms with Crippen LogP contribution in [0.5, 0.6) is 5.75 Å². The summed E-state index contributed by atoms with van der Waals surface area (Å²) in [6, 6.07) is 6.50. The Bertz CT molecular complexity index is 708. The van der Waals surface area contributed by atoms with Crippen molar-refractivity contribution in [3.8, 4) is 17.1 Å². The van der Waals surface area contributed by atoms with Gasteiger partial charge in [-0.15, -0.1) is 0 Å².